The van der Waals surface area contributed by atoms with Gasteiger partial charge in [0.25, 0.3) is 0 Å². The van der Waals surface area contributed by atoms with E-state index in [9.17, 15) is 9.90 Å². The number of nitrogens with zero attached hydrogens (tertiary/aromatic N) is 1. The summed E-state index contributed by atoms with van der Waals surface area (Å²) in [5.41, 5.74) is 3.61. The summed E-state index contributed by atoms with van der Waals surface area (Å²) >= 11 is 0. The number of carbonyl (C=O) groups is 1. The quantitative estimate of drug-likeness (QED) is 0.708. The van der Waals surface area contributed by atoms with Gasteiger partial charge in [0, 0.05) is 22.6 Å². The average Bonchev–Trinajstić information content (AvgIpc) is 2.63. The molecular formula is C21H20N2O3. The van der Waals surface area contributed by atoms with Gasteiger partial charge in [-0.15, -0.1) is 0 Å². The molecule has 1 aliphatic rings. The molecule has 0 bridgehead atoms. The molecule has 4 rings (SSSR count). The molecule has 26 heavy (non-hydrogen) atoms. The van der Waals surface area contributed by atoms with Crippen LogP contribution in [0.5, 0.6) is 5.75 Å². The molecule has 2 N–H and O–H groups in total. The largest absolute Gasteiger partial charge is 0.493 e. The number of aromatic nitrogens is 1. The van der Waals surface area contributed by atoms with Crippen LogP contribution in [0.2, 0.25) is 0 Å². The molecule has 3 aromatic rings. The lowest BCUT2D eigenvalue weighted by atomic mass is 9.78. The number of ether oxygens (including phenoxy) is 1. The summed E-state index contributed by atoms with van der Waals surface area (Å²) in [6, 6.07) is 15.8. The Morgan fingerprint density at radius 3 is 2.77 bits per heavy atom. The van der Waals surface area contributed by atoms with Crippen molar-refractivity contribution in [1.82, 2.24) is 10.3 Å². The van der Waals surface area contributed by atoms with Crippen molar-refractivity contribution in [2.45, 2.75) is 19.9 Å². The molecule has 0 spiro atoms. The van der Waals surface area contributed by atoms with Crippen LogP contribution in [-0.2, 0) is 0 Å². The average molecular weight is 348 g/mol. The summed E-state index contributed by atoms with van der Waals surface area (Å²) in [5.74, 6) is 0.729. The van der Waals surface area contributed by atoms with Crippen molar-refractivity contribution >= 4 is 17.0 Å². The van der Waals surface area contributed by atoms with Crippen LogP contribution in [0.4, 0.5) is 4.79 Å². The van der Waals surface area contributed by atoms with Gasteiger partial charge in [0.1, 0.15) is 5.75 Å². The lowest BCUT2D eigenvalue weighted by Crippen LogP contribution is -2.43. The SMILES string of the molecule is CC1(C)COc2cc(-c3ccc4ncccc4c3)ccc2C1NC(=O)O. The molecule has 1 aliphatic heterocycles. The lowest BCUT2D eigenvalue weighted by Gasteiger charge is -2.39. The Hall–Kier alpha value is -3.08. The normalized spacial score (nSPS) is 18.0. The van der Waals surface area contributed by atoms with Crippen molar-refractivity contribution in [2.75, 3.05) is 6.61 Å². The highest BCUT2D eigenvalue weighted by Crippen LogP contribution is 2.44. The fraction of sp³-hybridized carbons (Fsp3) is 0.238. The molecule has 5 nitrogen and oxygen atoms in total. The predicted octanol–water partition coefficient (Wildman–Crippen LogP) is 4.63. The third-order valence-electron chi connectivity index (χ3n) is 4.91. The fourth-order valence-corrected chi connectivity index (χ4v) is 3.50. The molecule has 2 aromatic carbocycles. The second-order valence-corrected chi connectivity index (χ2v) is 7.32. The van der Waals surface area contributed by atoms with E-state index in [0.29, 0.717) is 6.61 Å². The molecule has 0 saturated heterocycles. The van der Waals surface area contributed by atoms with E-state index in [1.165, 1.54) is 0 Å². The van der Waals surface area contributed by atoms with Crippen LogP contribution in [0, 0.1) is 5.41 Å². The Bertz CT molecular complexity index is 997. The van der Waals surface area contributed by atoms with Gasteiger partial charge in [0.2, 0.25) is 0 Å². The van der Waals surface area contributed by atoms with E-state index >= 15 is 0 Å². The molecule has 0 fully saturated rings. The third-order valence-corrected chi connectivity index (χ3v) is 4.91. The summed E-state index contributed by atoms with van der Waals surface area (Å²) in [6.45, 7) is 4.46. The smallest absolute Gasteiger partial charge is 0.405 e. The second kappa shape index (κ2) is 6.02. The van der Waals surface area contributed by atoms with Crippen molar-refractivity contribution in [2.24, 2.45) is 5.41 Å². The molecule has 132 valence electrons. The zero-order valence-corrected chi connectivity index (χ0v) is 14.7. The highest BCUT2D eigenvalue weighted by molar-refractivity contribution is 5.84. The van der Waals surface area contributed by atoms with Crippen molar-refractivity contribution in [3.8, 4) is 16.9 Å². The number of hydrogen-bond acceptors (Lipinski definition) is 3. The fourth-order valence-electron chi connectivity index (χ4n) is 3.50. The van der Waals surface area contributed by atoms with E-state index in [4.69, 9.17) is 4.74 Å². The molecular weight excluding hydrogens is 328 g/mol. The number of amides is 1. The first kappa shape index (κ1) is 16.4. The van der Waals surface area contributed by atoms with Gasteiger partial charge in [-0.3, -0.25) is 4.98 Å². The summed E-state index contributed by atoms with van der Waals surface area (Å²) < 4.78 is 5.95. The summed E-state index contributed by atoms with van der Waals surface area (Å²) in [6.07, 6.45) is 0.758. The van der Waals surface area contributed by atoms with Gasteiger partial charge in [-0.1, -0.05) is 38.1 Å². The van der Waals surface area contributed by atoms with Gasteiger partial charge < -0.3 is 15.2 Å². The van der Waals surface area contributed by atoms with Gasteiger partial charge in [-0.25, -0.2) is 4.79 Å². The monoisotopic (exact) mass is 348 g/mol. The summed E-state index contributed by atoms with van der Waals surface area (Å²) in [4.78, 5) is 15.6. The molecule has 1 atom stereocenters. The van der Waals surface area contributed by atoms with E-state index in [1.54, 1.807) is 6.20 Å². The number of benzene rings is 2. The number of rotatable bonds is 2. The molecule has 5 heteroatoms. The standard InChI is InChI=1S/C21H20N2O3/c1-21(2)12-26-18-11-14(5-7-16(18)19(21)23-20(24)25)13-6-8-17-15(10-13)4-3-9-22-17/h3-11,19,23H,12H2,1-2H3,(H,24,25). The van der Waals surface area contributed by atoms with Crippen LogP contribution in [0.3, 0.4) is 0 Å². The van der Waals surface area contributed by atoms with E-state index in [-0.39, 0.29) is 11.5 Å². The first-order chi connectivity index (χ1) is 12.4. The van der Waals surface area contributed by atoms with Crippen LogP contribution in [0.25, 0.3) is 22.0 Å². The highest BCUT2D eigenvalue weighted by atomic mass is 16.5. The number of fused-ring (bicyclic) bond motifs is 2. The van der Waals surface area contributed by atoms with Crippen molar-refractivity contribution in [3.63, 3.8) is 0 Å². The number of hydrogen-bond donors (Lipinski definition) is 2. The first-order valence-corrected chi connectivity index (χ1v) is 8.55. The van der Waals surface area contributed by atoms with Gasteiger partial charge in [0.15, 0.2) is 0 Å². The minimum absolute atomic E-state index is 0.307. The van der Waals surface area contributed by atoms with Gasteiger partial charge in [-0.05, 0) is 35.4 Å². The molecule has 0 saturated carbocycles. The molecule has 2 heterocycles. The van der Waals surface area contributed by atoms with Crippen molar-refractivity contribution < 1.29 is 14.6 Å². The number of carboxylic acid groups (broad SMARTS) is 1. The highest BCUT2D eigenvalue weighted by Gasteiger charge is 2.38. The van der Waals surface area contributed by atoms with Crippen molar-refractivity contribution in [1.29, 1.82) is 0 Å². The van der Waals surface area contributed by atoms with Crippen LogP contribution >= 0.6 is 0 Å². The zero-order valence-electron chi connectivity index (χ0n) is 14.7. The number of nitrogens with one attached hydrogen (secondary N) is 1. The molecule has 1 aromatic heterocycles. The minimum atomic E-state index is -1.03. The third kappa shape index (κ3) is 2.86. The van der Waals surface area contributed by atoms with E-state index in [0.717, 1.165) is 33.3 Å². The topological polar surface area (TPSA) is 71.5 Å². The molecule has 0 radical (unpaired) electrons. The number of pyridine rings is 1. The Balaban J connectivity index is 1.75. The Morgan fingerprint density at radius 2 is 1.96 bits per heavy atom. The van der Waals surface area contributed by atoms with E-state index in [1.807, 2.05) is 56.3 Å². The van der Waals surface area contributed by atoms with Crippen LogP contribution in [0.15, 0.2) is 54.7 Å². The zero-order chi connectivity index (χ0) is 18.3. The maximum Gasteiger partial charge on any atom is 0.405 e. The maximum atomic E-state index is 11.2. The van der Waals surface area contributed by atoms with Gasteiger partial charge in [-0.2, -0.15) is 0 Å². The minimum Gasteiger partial charge on any atom is -0.493 e. The first-order valence-electron chi connectivity index (χ1n) is 8.55. The van der Waals surface area contributed by atoms with Crippen LogP contribution in [-0.4, -0.2) is 22.8 Å². The predicted molar refractivity (Wildman–Crippen MR) is 100 cm³/mol. The molecule has 1 amide bonds. The van der Waals surface area contributed by atoms with Gasteiger partial charge in [0.05, 0.1) is 18.2 Å². The molecule has 1 unspecified atom stereocenters. The van der Waals surface area contributed by atoms with Crippen molar-refractivity contribution in [3.05, 3.63) is 60.3 Å². The Labute approximate surface area is 151 Å². The van der Waals surface area contributed by atoms with Crippen LogP contribution in [0.1, 0.15) is 25.5 Å². The molecule has 0 aliphatic carbocycles. The lowest BCUT2D eigenvalue weighted by molar-refractivity contribution is 0.0996. The van der Waals surface area contributed by atoms with Gasteiger partial charge >= 0.3 is 6.09 Å². The van der Waals surface area contributed by atoms with Crippen LogP contribution < -0.4 is 10.1 Å². The summed E-state index contributed by atoms with van der Waals surface area (Å²) in [5, 5.41) is 12.9. The van der Waals surface area contributed by atoms with E-state index < -0.39 is 6.09 Å². The summed E-state index contributed by atoms with van der Waals surface area (Å²) in [7, 11) is 0. The Morgan fingerprint density at radius 1 is 1.19 bits per heavy atom. The second-order valence-electron chi connectivity index (χ2n) is 7.32. The Kier molecular flexibility index (Phi) is 3.80. The van der Waals surface area contributed by atoms with E-state index in [2.05, 4.69) is 16.4 Å². The maximum absolute atomic E-state index is 11.2.